The molecular formula is C28H27N3O6. The van der Waals surface area contributed by atoms with Gasteiger partial charge in [0.2, 0.25) is 0 Å². The Morgan fingerprint density at radius 1 is 1.14 bits per heavy atom. The summed E-state index contributed by atoms with van der Waals surface area (Å²) in [5.74, 6) is -1.60. The molecule has 37 heavy (non-hydrogen) atoms. The average Bonchev–Trinajstić information content (AvgIpc) is 3.11. The molecule has 0 spiro atoms. The molecule has 0 unspecified atom stereocenters. The van der Waals surface area contributed by atoms with Gasteiger partial charge < -0.3 is 20.4 Å². The molecule has 1 heterocycles. The summed E-state index contributed by atoms with van der Waals surface area (Å²) in [7, 11) is 0. The smallest absolute Gasteiger partial charge is 0.269 e. The van der Waals surface area contributed by atoms with Gasteiger partial charge in [-0.1, -0.05) is 49.4 Å². The number of carbonyl (C=O) groups excluding carboxylic acids is 2. The summed E-state index contributed by atoms with van der Waals surface area (Å²) in [6.07, 6.45) is 3.63. The Morgan fingerprint density at radius 3 is 2.59 bits per heavy atom. The van der Waals surface area contributed by atoms with E-state index in [0.29, 0.717) is 28.9 Å². The average molecular weight is 502 g/mol. The van der Waals surface area contributed by atoms with E-state index in [0.717, 1.165) is 0 Å². The van der Waals surface area contributed by atoms with Gasteiger partial charge in [-0.3, -0.25) is 19.7 Å². The zero-order valence-corrected chi connectivity index (χ0v) is 20.2. The Balaban J connectivity index is 1.65. The number of non-ortho nitro benzene ring substituents is 1. The van der Waals surface area contributed by atoms with Crippen molar-refractivity contribution in [3.63, 3.8) is 0 Å². The van der Waals surface area contributed by atoms with Gasteiger partial charge in [-0.05, 0) is 42.3 Å². The van der Waals surface area contributed by atoms with E-state index in [2.05, 4.69) is 5.32 Å². The SMILES string of the molecule is C[C@H](/C=C/CCO)[C@@]1(O)C(=O)N(Cc2cccc(NC(=O)c3ccccc3)c2)c2ccc([N+](=O)[O-])cc21. The van der Waals surface area contributed by atoms with Crippen LogP contribution in [-0.4, -0.2) is 33.6 Å². The van der Waals surface area contributed by atoms with Crippen molar-refractivity contribution in [2.24, 2.45) is 5.92 Å². The van der Waals surface area contributed by atoms with Crippen molar-refractivity contribution in [2.75, 3.05) is 16.8 Å². The molecule has 0 saturated carbocycles. The molecule has 2 atom stereocenters. The summed E-state index contributed by atoms with van der Waals surface area (Å²) in [6, 6.07) is 19.8. The largest absolute Gasteiger partial charge is 0.396 e. The minimum atomic E-state index is -2.02. The van der Waals surface area contributed by atoms with Crippen LogP contribution in [0.5, 0.6) is 0 Å². The zero-order chi connectivity index (χ0) is 26.6. The topological polar surface area (TPSA) is 133 Å². The molecular weight excluding hydrogens is 474 g/mol. The van der Waals surface area contributed by atoms with Crippen molar-refractivity contribution >= 4 is 28.9 Å². The van der Waals surface area contributed by atoms with Gasteiger partial charge in [0, 0.05) is 41.5 Å². The Morgan fingerprint density at radius 2 is 1.89 bits per heavy atom. The van der Waals surface area contributed by atoms with Crippen LogP contribution in [0.15, 0.2) is 84.9 Å². The fraction of sp³-hybridized carbons (Fsp3) is 0.214. The number of benzene rings is 3. The molecule has 4 rings (SSSR count). The van der Waals surface area contributed by atoms with Crippen molar-refractivity contribution in [3.05, 3.63) is 112 Å². The van der Waals surface area contributed by atoms with Crippen LogP contribution in [0.4, 0.5) is 17.1 Å². The minimum absolute atomic E-state index is 0.0775. The van der Waals surface area contributed by atoms with E-state index in [4.69, 9.17) is 5.11 Å². The molecule has 0 bridgehead atoms. The number of hydrogen-bond acceptors (Lipinski definition) is 6. The number of carbonyl (C=O) groups is 2. The monoisotopic (exact) mass is 501 g/mol. The Hall–Kier alpha value is -4.34. The predicted molar refractivity (Wildman–Crippen MR) is 139 cm³/mol. The van der Waals surface area contributed by atoms with Gasteiger partial charge in [0.15, 0.2) is 5.60 Å². The lowest BCUT2D eigenvalue weighted by molar-refractivity contribution is -0.385. The molecule has 0 radical (unpaired) electrons. The van der Waals surface area contributed by atoms with Crippen LogP contribution >= 0.6 is 0 Å². The lowest BCUT2D eigenvalue weighted by Crippen LogP contribution is -2.44. The summed E-state index contributed by atoms with van der Waals surface area (Å²) in [4.78, 5) is 38.4. The third kappa shape index (κ3) is 5.13. The number of aliphatic hydroxyl groups excluding tert-OH is 1. The summed E-state index contributed by atoms with van der Waals surface area (Å²) >= 11 is 0. The van der Waals surface area contributed by atoms with Crippen molar-refractivity contribution < 1.29 is 24.7 Å². The molecule has 0 fully saturated rings. The van der Waals surface area contributed by atoms with Gasteiger partial charge in [0.05, 0.1) is 17.2 Å². The fourth-order valence-corrected chi connectivity index (χ4v) is 4.44. The van der Waals surface area contributed by atoms with Crippen molar-refractivity contribution in [2.45, 2.75) is 25.5 Å². The van der Waals surface area contributed by atoms with E-state index in [1.807, 2.05) is 6.07 Å². The van der Waals surface area contributed by atoms with Crippen LogP contribution < -0.4 is 10.2 Å². The Labute approximate surface area is 213 Å². The van der Waals surface area contributed by atoms with E-state index in [-0.39, 0.29) is 30.3 Å². The number of nitro benzene ring substituents is 1. The number of aliphatic hydroxyl groups is 2. The highest BCUT2D eigenvalue weighted by Gasteiger charge is 2.53. The summed E-state index contributed by atoms with van der Waals surface area (Å²) in [5.41, 5.74) is 0.0108. The number of amides is 2. The van der Waals surface area contributed by atoms with E-state index < -0.39 is 22.3 Å². The first-order chi connectivity index (χ1) is 17.8. The first-order valence-electron chi connectivity index (χ1n) is 11.8. The van der Waals surface area contributed by atoms with Crippen molar-refractivity contribution in [1.82, 2.24) is 0 Å². The van der Waals surface area contributed by atoms with Gasteiger partial charge in [0.25, 0.3) is 17.5 Å². The molecule has 1 aliphatic heterocycles. The number of rotatable bonds is 9. The van der Waals surface area contributed by atoms with Crippen LogP contribution in [0.25, 0.3) is 0 Å². The highest BCUT2D eigenvalue weighted by atomic mass is 16.6. The Kier molecular flexibility index (Phi) is 7.47. The number of nitrogens with zero attached hydrogens (tertiary/aromatic N) is 2. The van der Waals surface area contributed by atoms with E-state index in [1.54, 1.807) is 67.6 Å². The molecule has 190 valence electrons. The maximum atomic E-state index is 13.6. The first-order valence-corrected chi connectivity index (χ1v) is 11.8. The highest BCUT2D eigenvalue weighted by Crippen LogP contribution is 2.47. The lowest BCUT2D eigenvalue weighted by Gasteiger charge is -2.27. The Bertz CT molecular complexity index is 1360. The van der Waals surface area contributed by atoms with Crippen molar-refractivity contribution in [3.8, 4) is 0 Å². The number of fused-ring (bicyclic) bond motifs is 1. The second-order valence-corrected chi connectivity index (χ2v) is 8.87. The number of anilines is 2. The number of nitrogens with one attached hydrogen (secondary N) is 1. The van der Waals surface area contributed by atoms with Crippen LogP contribution in [0, 0.1) is 16.0 Å². The fourth-order valence-electron chi connectivity index (χ4n) is 4.44. The normalized spacial score (nSPS) is 17.6. The van der Waals surface area contributed by atoms with Crippen LogP contribution in [0.2, 0.25) is 0 Å². The van der Waals surface area contributed by atoms with Crippen molar-refractivity contribution in [1.29, 1.82) is 0 Å². The second-order valence-electron chi connectivity index (χ2n) is 8.87. The molecule has 9 nitrogen and oxygen atoms in total. The minimum Gasteiger partial charge on any atom is -0.396 e. The van der Waals surface area contributed by atoms with Gasteiger partial charge in [0.1, 0.15) is 0 Å². The first kappa shape index (κ1) is 25.7. The maximum absolute atomic E-state index is 13.6. The summed E-state index contributed by atoms with van der Waals surface area (Å²) in [6.45, 7) is 1.65. The molecule has 0 saturated heterocycles. The molecule has 2 amide bonds. The molecule has 3 N–H and O–H groups in total. The molecule has 1 aliphatic rings. The van der Waals surface area contributed by atoms with E-state index in [9.17, 15) is 24.8 Å². The van der Waals surface area contributed by atoms with Gasteiger partial charge in [-0.25, -0.2) is 0 Å². The summed E-state index contributed by atoms with van der Waals surface area (Å²) in [5, 5.41) is 35.0. The quantitative estimate of drug-likeness (QED) is 0.229. The molecule has 0 aliphatic carbocycles. The molecule has 3 aromatic rings. The van der Waals surface area contributed by atoms with Crippen LogP contribution in [-0.2, 0) is 16.9 Å². The van der Waals surface area contributed by atoms with Crippen LogP contribution in [0.3, 0.4) is 0 Å². The van der Waals surface area contributed by atoms with Gasteiger partial charge in [-0.2, -0.15) is 0 Å². The van der Waals surface area contributed by atoms with Gasteiger partial charge in [-0.15, -0.1) is 0 Å². The predicted octanol–water partition coefficient (Wildman–Crippen LogP) is 4.16. The molecule has 0 aromatic heterocycles. The maximum Gasteiger partial charge on any atom is 0.269 e. The van der Waals surface area contributed by atoms with E-state index >= 15 is 0 Å². The standard InChI is InChI=1S/C28H27N3O6/c1-19(8-5-6-15-32)28(35)24-17-23(31(36)37)13-14-25(24)30(27(28)34)18-20-9-7-12-22(16-20)29-26(33)21-10-3-2-4-11-21/h2-5,7-14,16-17,19,32,35H,6,15,18H2,1H3,(H,29,33)/b8-5+/t19-,28+/m1/s1. The third-order valence-corrected chi connectivity index (χ3v) is 6.40. The van der Waals surface area contributed by atoms with E-state index in [1.165, 1.54) is 23.1 Å². The lowest BCUT2D eigenvalue weighted by atomic mass is 9.82. The number of hydrogen-bond donors (Lipinski definition) is 3. The third-order valence-electron chi connectivity index (χ3n) is 6.40. The second kappa shape index (κ2) is 10.7. The van der Waals surface area contributed by atoms with Crippen LogP contribution in [0.1, 0.15) is 34.8 Å². The molecule has 9 heteroatoms. The van der Waals surface area contributed by atoms with Gasteiger partial charge >= 0.3 is 0 Å². The highest BCUT2D eigenvalue weighted by molar-refractivity contribution is 6.07. The summed E-state index contributed by atoms with van der Waals surface area (Å²) < 4.78 is 0. The number of nitro groups is 1. The molecule has 3 aromatic carbocycles. The zero-order valence-electron chi connectivity index (χ0n) is 20.2.